The van der Waals surface area contributed by atoms with Crippen molar-refractivity contribution in [3.8, 4) is 11.8 Å². The van der Waals surface area contributed by atoms with Gasteiger partial charge in [-0.1, -0.05) is 46.9 Å². The van der Waals surface area contributed by atoms with Crippen molar-refractivity contribution in [3.63, 3.8) is 0 Å². The minimum absolute atomic E-state index is 0.0626. The van der Waals surface area contributed by atoms with E-state index in [1.807, 2.05) is 24.3 Å². The Morgan fingerprint density at radius 1 is 1.14 bits per heavy atom. The van der Waals surface area contributed by atoms with Gasteiger partial charge in [0.2, 0.25) is 0 Å². The van der Waals surface area contributed by atoms with Crippen molar-refractivity contribution in [3.05, 3.63) is 62.2 Å². The average molecular weight is 470 g/mol. The van der Waals surface area contributed by atoms with Gasteiger partial charge >= 0.3 is 5.97 Å². The lowest BCUT2D eigenvalue weighted by molar-refractivity contribution is -0.145. The van der Waals surface area contributed by atoms with Crippen LogP contribution in [0.5, 0.6) is 5.75 Å². The van der Waals surface area contributed by atoms with E-state index in [4.69, 9.17) is 44.3 Å². The molecule has 0 aliphatic heterocycles. The van der Waals surface area contributed by atoms with Crippen LogP contribution >= 0.6 is 46.1 Å². The molecule has 10 heteroatoms. The smallest absolute Gasteiger partial charge is 0.344 e. The first-order valence-electron chi connectivity index (χ1n) is 8.00. The Labute approximate surface area is 184 Å². The molecule has 3 aromatic rings. The number of carbonyl (C=O) groups is 1. The number of aliphatic hydroxyl groups is 1. The Balaban J connectivity index is 1.64. The molecule has 0 fully saturated rings. The Morgan fingerprint density at radius 2 is 1.86 bits per heavy atom. The molecular weight excluding hydrogens is 459 g/mol. The molecule has 0 radical (unpaired) electrons. The summed E-state index contributed by atoms with van der Waals surface area (Å²) in [5.41, 5.74) is 0.643. The quantitative estimate of drug-likeness (QED) is 0.216. The third-order valence-corrected chi connectivity index (χ3v) is 5.67. The first kappa shape index (κ1) is 21.2. The summed E-state index contributed by atoms with van der Waals surface area (Å²) in [6, 6.07) is 12.0. The molecule has 1 aromatic heterocycles. The highest BCUT2D eigenvalue weighted by Crippen LogP contribution is 2.34. The minimum atomic E-state index is -0.778. The summed E-state index contributed by atoms with van der Waals surface area (Å²) in [6.07, 6.45) is 0. The first-order valence-corrected chi connectivity index (χ1v) is 9.95. The zero-order valence-electron chi connectivity index (χ0n) is 14.5. The standard InChI is InChI=1S/C19H11Cl3N2O4S/c20-11-5-13(22)16(6-12(11)21)27-9-18(26)28-8-15(25)10(7-23)19-24-14-3-1-2-4-17(14)29-19/h1-6,25H,8-9H2/b15-10-. The number of para-hydroxylation sites is 1. The van der Waals surface area contributed by atoms with Crippen LogP contribution in [0.2, 0.25) is 15.1 Å². The number of allylic oxidation sites excluding steroid dienone is 1. The molecule has 29 heavy (non-hydrogen) atoms. The third kappa shape index (κ3) is 5.11. The molecule has 3 rings (SSSR count). The lowest BCUT2D eigenvalue weighted by Gasteiger charge is -2.09. The van der Waals surface area contributed by atoms with Crippen molar-refractivity contribution in [2.75, 3.05) is 13.2 Å². The number of carbonyl (C=O) groups excluding carboxylic acids is 1. The highest BCUT2D eigenvalue weighted by atomic mass is 35.5. The Kier molecular flexibility index (Phi) is 6.83. The summed E-state index contributed by atoms with van der Waals surface area (Å²) < 4.78 is 11.1. The van der Waals surface area contributed by atoms with Crippen LogP contribution in [-0.4, -0.2) is 29.3 Å². The molecule has 0 aliphatic rings. The second-order valence-electron chi connectivity index (χ2n) is 5.57. The fourth-order valence-electron chi connectivity index (χ4n) is 2.23. The molecule has 1 heterocycles. The molecule has 0 unspecified atom stereocenters. The second kappa shape index (κ2) is 9.33. The molecule has 0 saturated carbocycles. The van der Waals surface area contributed by atoms with Gasteiger partial charge in [-0.15, -0.1) is 11.3 Å². The van der Waals surface area contributed by atoms with Gasteiger partial charge in [-0.05, 0) is 18.2 Å². The second-order valence-corrected chi connectivity index (χ2v) is 7.82. The molecule has 148 valence electrons. The lowest BCUT2D eigenvalue weighted by Crippen LogP contribution is -2.16. The van der Waals surface area contributed by atoms with Crippen LogP contribution < -0.4 is 4.74 Å². The highest BCUT2D eigenvalue weighted by molar-refractivity contribution is 7.19. The minimum Gasteiger partial charge on any atom is -0.507 e. The maximum atomic E-state index is 11.9. The van der Waals surface area contributed by atoms with E-state index in [0.29, 0.717) is 10.5 Å². The summed E-state index contributed by atoms with van der Waals surface area (Å²) in [6.45, 7) is -0.982. The summed E-state index contributed by atoms with van der Waals surface area (Å²) in [5, 5.41) is 20.5. The van der Waals surface area contributed by atoms with Crippen LogP contribution in [0.1, 0.15) is 5.01 Å². The summed E-state index contributed by atoms with van der Waals surface area (Å²) in [7, 11) is 0. The first-order chi connectivity index (χ1) is 13.9. The van der Waals surface area contributed by atoms with Crippen LogP contribution in [0.4, 0.5) is 0 Å². The number of nitrogens with zero attached hydrogens (tertiary/aromatic N) is 2. The number of aromatic nitrogens is 1. The van der Waals surface area contributed by atoms with Gasteiger partial charge in [0.25, 0.3) is 0 Å². The largest absolute Gasteiger partial charge is 0.507 e. The number of hydrogen-bond acceptors (Lipinski definition) is 7. The molecule has 0 atom stereocenters. The number of hydrogen-bond donors (Lipinski definition) is 1. The topological polar surface area (TPSA) is 92.4 Å². The van der Waals surface area contributed by atoms with Crippen molar-refractivity contribution in [1.29, 1.82) is 5.26 Å². The van der Waals surface area contributed by atoms with Crippen LogP contribution in [0.3, 0.4) is 0 Å². The lowest BCUT2D eigenvalue weighted by atomic mass is 10.2. The summed E-state index contributed by atoms with van der Waals surface area (Å²) in [4.78, 5) is 16.2. The zero-order chi connectivity index (χ0) is 21.0. The number of aliphatic hydroxyl groups excluding tert-OH is 1. The van der Waals surface area contributed by atoms with E-state index in [1.54, 1.807) is 6.07 Å². The van der Waals surface area contributed by atoms with Crippen molar-refractivity contribution >= 4 is 67.9 Å². The molecule has 1 N–H and O–H groups in total. The van der Waals surface area contributed by atoms with E-state index >= 15 is 0 Å². The Hall–Kier alpha value is -2.50. The van der Waals surface area contributed by atoms with Gasteiger partial charge in [0.1, 0.15) is 29.0 Å². The third-order valence-electron chi connectivity index (χ3n) is 3.60. The molecule has 0 saturated heterocycles. The molecule has 0 spiro atoms. The van der Waals surface area contributed by atoms with Crippen molar-refractivity contribution in [2.24, 2.45) is 0 Å². The van der Waals surface area contributed by atoms with E-state index in [9.17, 15) is 15.2 Å². The fraction of sp³-hybridized carbons (Fsp3) is 0.105. The van der Waals surface area contributed by atoms with E-state index in [1.165, 1.54) is 23.5 Å². The predicted octanol–water partition coefficient (Wildman–Crippen LogP) is 5.67. The zero-order valence-corrected chi connectivity index (χ0v) is 17.6. The number of thiazole rings is 1. The SMILES string of the molecule is N#C/C(=C(/O)COC(=O)COc1cc(Cl)c(Cl)cc1Cl)c1nc2ccccc2s1. The number of esters is 1. The van der Waals surface area contributed by atoms with Crippen LogP contribution in [0.15, 0.2) is 42.2 Å². The predicted molar refractivity (Wildman–Crippen MR) is 113 cm³/mol. The monoisotopic (exact) mass is 468 g/mol. The summed E-state index contributed by atoms with van der Waals surface area (Å²) >= 11 is 18.9. The Bertz CT molecular complexity index is 1120. The van der Waals surface area contributed by atoms with Crippen molar-refractivity contribution in [1.82, 2.24) is 4.98 Å². The van der Waals surface area contributed by atoms with Gasteiger partial charge in [0, 0.05) is 6.07 Å². The van der Waals surface area contributed by atoms with Gasteiger partial charge in [-0.2, -0.15) is 5.26 Å². The van der Waals surface area contributed by atoms with E-state index in [2.05, 4.69) is 4.98 Å². The van der Waals surface area contributed by atoms with Crippen LogP contribution in [0.25, 0.3) is 15.8 Å². The number of fused-ring (bicyclic) bond motifs is 1. The molecule has 6 nitrogen and oxygen atoms in total. The fourth-order valence-corrected chi connectivity index (χ4v) is 3.80. The number of halogens is 3. The number of ether oxygens (including phenoxy) is 2. The molecular formula is C19H11Cl3N2O4S. The van der Waals surface area contributed by atoms with Gasteiger partial charge in [-0.25, -0.2) is 9.78 Å². The van der Waals surface area contributed by atoms with Gasteiger partial charge in [0.15, 0.2) is 12.4 Å². The van der Waals surface area contributed by atoms with Gasteiger partial charge in [0.05, 0.1) is 25.3 Å². The maximum Gasteiger partial charge on any atom is 0.344 e. The van der Waals surface area contributed by atoms with E-state index in [0.717, 1.165) is 4.70 Å². The normalized spacial score (nSPS) is 11.7. The molecule has 0 aliphatic carbocycles. The average Bonchev–Trinajstić information content (AvgIpc) is 3.12. The van der Waals surface area contributed by atoms with Crippen molar-refractivity contribution in [2.45, 2.75) is 0 Å². The Morgan fingerprint density at radius 3 is 2.59 bits per heavy atom. The molecule has 2 aromatic carbocycles. The van der Waals surface area contributed by atoms with Gasteiger partial charge in [-0.3, -0.25) is 0 Å². The highest BCUT2D eigenvalue weighted by Gasteiger charge is 2.16. The molecule has 0 amide bonds. The van der Waals surface area contributed by atoms with Crippen LogP contribution in [0, 0.1) is 11.3 Å². The maximum absolute atomic E-state index is 11.9. The number of rotatable bonds is 6. The van der Waals surface area contributed by atoms with E-state index < -0.39 is 24.9 Å². The number of benzene rings is 2. The van der Waals surface area contributed by atoms with Crippen LogP contribution in [-0.2, 0) is 9.53 Å². The van der Waals surface area contributed by atoms with Crippen molar-refractivity contribution < 1.29 is 19.4 Å². The summed E-state index contributed by atoms with van der Waals surface area (Å²) in [5.74, 6) is -1.03. The molecule has 0 bridgehead atoms. The number of nitriles is 1. The van der Waals surface area contributed by atoms with Gasteiger partial charge < -0.3 is 14.6 Å². The van der Waals surface area contributed by atoms with E-state index in [-0.39, 0.29) is 26.4 Å².